The second kappa shape index (κ2) is 5.03. The van der Waals surface area contributed by atoms with Crippen molar-refractivity contribution in [3.8, 4) is 11.8 Å². The van der Waals surface area contributed by atoms with E-state index in [1.807, 2.05) is 25.1 Å². The molecule has 0 heterocycles. The summed E-state index contributed by atoms with van der Waals surface area (Å²) in [5.41, 5.74) is 2.20. The van der Waals surface area contributed by atoms with Crippen molar-refractivity contribution < 1.29 is 4.74 Å². The number of ether oxygens (including phenoxy) is 1. The summed E-state index contributed by atoms with van der Waals surface area (Å²) in [7, 11) is 0. The quantitative estimate of drug-likeness (QED) is 0.772. The van der Waals surface area contributed by atoms with Gasteiger partial charge in [-0.1, -0.05) is 24.1 Å². The second-order valence-corrected chi connectivity index (χ2v) is 4.55. The molecule has 1 aliphatic carbocycles. The van der Waals surface area contributed by atoms with Crippen LogP contribution in [-0.2, 0) is 6.42 Å². The molecule has 2 heteroatoms. The van der Waals surface area contributed by atoms with Gasteiger partial charge in [-0.2, -0.15) is 5.26 Å². The van der Waals surface area contributed by atoms with Gasteiger partial charge in [0.15, 0.2) is 0 Å². The van der Waals surface area contributed by atoms with E-state index in [-0.39, 0.29) is 0 Å². The minimum atomic E-state index is 0.432. The van der Waals surface area contributed by atoms with Crippen LogP contribution >= 0.6 is 0 Å². The van der Waals surface area contributed by atoms with Gasteiger partial charge in [0.2, 0.25) is 0 Å². The van der Waals surface area contributed by atoms with Crippen LogP contribution in [-0.4, -0.2) is 6.61 Å². The van der Waals surface area contributed by atoms with Gasteiger partial charge in [-0.15, -0.1) is 0 Å². The molecule has 0 saturated heterocycles. The van der Waals surface area contributed by atoms with Crippen LogP contribution in [0.3, 0.4) is 0 Å². The minimum Gasteiger partial charge on any atom is -0.493 e. The number of nitriles is 1. The third-order valence-corrected chi connectivity index (χ3v) is 3.18. The van der Waals surface area contributed by atoms with E-state index in [9.17, 15) is 0 Å². The van der Waals surface area contributed by atoms with Crippen LogP contribution in [0.4, 0.5) is 0 Å². The molecular weight excluding hydrogens is 198 g/mol. The van der Waals surface area contributed by atoms with Gasteiger partial charge in [0.25, 0.3) is 0 Å². The Bertz CT molecular complexity index is 402. The summed E-state index contributed by atoms with van der Waals surface area (Å²) < 4.78 is 5.80. The molecule has 0 aromatic heterocycles. The lowest BCUT2D eigenvalue weighted by Gasteiger charge is -2.25. The lowest BCUT2D eigenvalue weighted by Crippen LogP contribution is -2.19. The first-order valence-electron chi connectivity index (χ1n) is 5.89. The molecule has 0 unspecified atom stereocenters. The molecule has 0 N–H and O–H groups in total. The molecule has 2 nitrogen and oxygen atoms in total. The molecule has 0 amide bonds. The van der Waals surface area contributed by atoms with E-state index in [1.54, 1.807) is 0 Å². The molecule has 1 fully saturated rings. The molecule has 1 aromatic rings. The zero-order chi connectivity index (χ0) is 11.4. The molecule has 2 rings (SSSR count). The zero-order valence-corrected chi connectivity index (χ0v) is 9.70. The minimum absolute atomic E-state index is 0.432. The van der Waals surface area contributed by atoms with Gasteiger partial charge in [-0.05, 0) is 31.7 Å². The van der Waals surface area contributed by atoms with E-state index in [4.69, 9.17) is 10.00 Å². The first-order chi connectivity index (χ1) is 7.79. The summed E-state index contributed by atoms with van der Waals surface area (Å²) >= 11 is 0. The van der Waals surface area contributed by atoms with E-state index in [2.05, 4.69) is 6.07 Å². The Balaban J connectivity index is 2.03. The second-order valence-electron chi connectivity index (χ2n) is 4.55. The number of aryl methyl sites for hydroxylation is 1. The Morgan fingerprint density at radius 1 is 1.44 bits per heavy atom. The molecule has 0 atom stereocenters. The van der Waals surface area contributed by atoms with E-state index in [0.717, 1.165) is 23.8 Å². The van der Waals surface area contributed by atoms with Crippen molar-refractivity contribution in [2.45, 2.75) is 32.6 Å². The number of hydrogen-bond donors (Lipinski definition) is 0. The molecule has 0 aliphatic heterocycles. The highest BCUT2D eigenvalue weighted by Crippen LogP contribution is 2.28. The van der Waals surface area contributed by atoms with Crippen LogP contribution < -0.4 is 4.74 Å². The van der Waals surface area contributed by atoms with Gasteiger partial charge in [0, 0.05) is 5.56 Å². The largest absolute Gasteiger partial charge is 0.493 e. The van der Waals surface area contributed by atoms with Crippen LogP contribution in [0.2, 0.25) is 0 Å². The summed E-state index contributed by atoms with van der Waals surface area (Å²) in [6, 6.07) is 8.25. The number of nitrogens with zero attached hydrogens (tertiary/aromatic N) is 1. The van der Waals surface area contributed by atoms with Gasteiger partial charge in [-0.25, -0.2) is 0 Å². The zero-order valence-electron chi connectivity index (χ0n) is 9.70. The Morgan fingerprint density at radius 2 is 2.25 bits per heavy atom. The molecule has 16 heavy (non-hydrogen) atoms. The molecule has 0 bridgehead atoms. The van der Waals surface area contributed by atoms with Crippen molar-refractivity contribution in [3.05, 3.63) is 29.3 Å². The predicted molar refractivity (Wildman–Crippen MR) is 63.3 cm³/mol. The third kappa shape index (κ3) is 2.55. The number of rotatable bonds is 4. The van der Waals surface area contributed by atoms with Gasteiger partial charge in [0.05, 0.1) is 19.1 Å². The van der Waals surface area contributed by atoms with Crippen LogP contribution in [0.5, 0.6) is 5.75 Å². The Kier molecular flexibility index (Phi) is 3.46. The van der Waals surface area contributed by atoms with Crippen molar-refractivity contribution in [1.29, 1.82) is 5.26 Å². The molecule has 1 saturated carbocycles. The van der Waals surface area contributed by atoms with Crippen molar-refractivity contribution in [2.75, 3.05) is 6.61 Å². The fraction of sp³-hybridized carbons (Fsp3) is 0.500. The van der Waals surface area contributed by atoms with E-state index < -0.39 is 0 Å². The molecule has 84 valence electrons. The lowest BCUT2D eigenvalue weighted by molar-refractivity contribution is 0.179. The van der Waals surface area contributed by atoms with Crippen LogP contribution in [0.1, 0.15) is 30.4 Å². The number of hydrogen-bond acceptors (Lipinski definition) is 2. The average Bonchev–Trinajstić information content (AvgIpc) is 2.19. The normalized spacial score (nSPS) is 15.2. The molecule has 1 aliphatic rings. The fourth-order valence-corrected chi connectivity index (χ4v) is 1.94. The van der Waals surface area contributed by atoms with Crippen LogP contribution in [0.15, 0.2) is 18.2 Å². The van der Waals surface area contributed by atoms with Gasteiger partial charge in [-0.3, -0.25) is 0 Å². The standard InChI is InChI=1S/C14H17NO/c1-11-5-6-14(13(9-11)7-8-15)16-10-12-3-2-4-12/h5-6,9,12H,2-4,7,10H2,1H3. The predicted octanol–water partition coefficient (Wildman–Crippen LogP) is 3.24. The smallest absolute Gasteiger partial charge is 0.123 e. The van der Waals surface area contributed by atoms with Crippen molar-refractivity contribution in [3.63, 3.8) is 0 Å². The highest BCUT2D eigenvalue weighted by Gasteiger charge is 2.18. The van der Waals surface area contributed by atoms with Crippen LogP contribution in [0, 0.1) is 24.2 Å². The summed E-state index contributed by atoms with van der Waals surface area (Å²) in [4.78, 5) is 0. The number of benzene rings is 1. The lowest BCUT2D eigenvalue weighted by atomic mass is 9.86. The summed E-state index contributed by atoms with van der Waals surface area (Å²) in [6.07, 6.45) is 4.35. The Hall–Kier alpha value is -1.49. The Morgan fingerprint density at radius 3 is 2.88 bits per heavy atom. The first-order valence-corrected chi connectivity index (χ1v) is 5.89. The van der Waals surface area contributed by atoms with Gasteiger partial charge in [0.1, 0.15) is 5.75 Å². The van der Waals surface area contributed by atoms with E-state index in [0.29, 0.717) is 6.42 Å². The first kappa shape index (κ1) is 11.0. The molecular formula is C14H17NO. The topological polar surface area (TPSA) is 33.0 Å². The SMILES string of the molecule is Cc1ccc(OCC2CCC2)c(CC#N)c1. The Labute approximate surface area is 96.9 Å². The van der Waals surface area contributed by atoms with Crippen molar-refractivity contribution in [2.24, 2.45) is 5.92 Å². The average molecular weight is 215 g/mol. The van der Waals surface area contributed by atoms with Gasteiger partial charge >= 0.3 is 0 Å². The molecule has 1 aromatic carbocycles. The van der Waals surface area contributed by atoms with Gasteiger partial charge < -0.3 is 4.74 Å². The van der Waals surface area contributed by atoms with Crippen molar-refractivity contribution in [1.82, 2.24) is 0 Å². The maximum Gasteiger partial charge on any atom is 0.123 e. The van der Waals surface area contributed by atoms with E-state index in [1.165, 1.54) is 24.8 Å². The van der Waals surface area contributed by atoms with Crippen molar-refractivity contribution >= 4 is 0 Å². The highest BCUT2D eigenvalue weighted by molar-refractivity contribution is 5.38. The summed E-state index contributed by atoms with van der Waals surface area (Å²) in [5.74, 6) is 1.62. The maximum atomic E-state index is 8.76. The molecule has 0 radical (unpaired) electrons. The summed E-state index contributed by atoms with van der Waals surface area (Å²) in [5, 5.41) is 8.76. The monoisotopic (exact) mass is 215 g/mol. The highest BCUT2D eigenvalue weighted by atomic mass is 16.5. The third-order valence-electron chi connectivity index (χ3n) is 3.18. The van der Waals surface area contributed by atoms with Crippen LogP contribution in [0.25, 0.3) is 0 Å². The van der Waals surface area contributed by atoms with E-state index >= 15 is 0 Å². The summed E-state index contributed by atoms with van der Waals surface area (Å²) in [6.45, 7) is 2.85. The fourth-order valence-electron chi connectivity index (χ4n) is 1.94. The maximum absolute atomic E-state index is 8.76. The molecule has 0 spiro atoms.